The van der Waals surface area contributed by atoms with Crippen molar-refractivity contribution >= 4 is 16.9 Å². The van der Waals surface area contributed by atoms with E-state index in [0.29, 0.717) is 0 Å². The Morgan fingerprint density at radius 3 is 2.68 bits per heavy atom. The van der Waals surface area contributed by atoms with Gasteiger partial charge < -0.3 is 14.8 Å². The highest BCUT2D eigenvalue weighted by atomic mass is 32.2. The first-order chi connectivity index (χ1) is 9.36. The third-order valence-corrected chi connectivity index (χ3v) is 5.28. The van der Waals surface area contributed by atoms with Crippen LogP contribution in [0.3, 0.4) is 0 Å². The van der Waals surface area contributed by atoms with Crippen molar-refractivity contribution in [2.75, 3.05) is 58.4 Å². The molecule has 0 aliphatic carbocycles. The molecule has 3 heterocycles. The molecule has 0 bridgehead atoms. The van der Waals surface area contributed by atoms with Crippen molar-refractivity contribution in [2.24, 2.45) is 4.99 Å². The maximum atomic E-state index is 5.44. The van der Waals surface area contributed by atoms with Crippen LogP contribution in [0.15, 0.2) is 4.99 Å². The van der Waals surface area contributed by atoms with Crippen LogP contribution in [0.4, 0.5) is 0 Å². The summed E-state index contributed by atoms with van der Waals surface area (Å²) < 4.78 is 10.8. The number of nitrogens with zero attached hydrogens (tertiary/aromatic N) is 2. The molecule has 108 valence electrons. The van der Waals surface area contributed by atoms with Gasteiger partial charge in [0.25, 0.3) is 0 Å². The van der Waals surface area contributed by atoms with Crippen LogP contribution in [0.1, 0.15) is 12.8 Å². The first kappa shape index (κ1) is 13.7. The average molecular weight is 285 g/mol. The summed E-state index contributed by atoms with van der Waals surface area (Å²) in [5.41, 5.74) is 0.265. The second kappa shape index (κ2) is 6.43. The second-order valence-corrected chi connectivity index (χ2v) is 6.41. The van der Waals surface area contributed by atoms with E-state index in [0.717, 1.165) is 76.4 Å². The van der Waals surface area contributed by atoms with Crippen molar-refractivity contribution in [3.05, 3.63) is 0 Å². The predicted molar refractivity (Wildman–Crippen MR) is 77.9 cm³/mol. The number of aliphatic imine (C=N–C) groups is 1. The fourth-order valence-corrected chi connectivity index (χ4v) is 3.99. The maximum absolute atomic E-state index is 5.44. The van der Waals surface area contributed by atoms with Gasteiger partial charge in [-0.1, -0.05) is 11.8 Å². The molecular weight excluding hydrogens is 262 g/mol. The maximum Gasteiger partial charge on any atom is 0.157 e. The number of rotatable bonds is 3. The lowest BCUT2D eigenvalue weighted by molar-refractivity contribution is 0.0394. The third kappa shape index (κ3) is 3.62. The number of thioether (sulfide) groups is 1. The summed E-state index contributed by atoms with van der Waals surface area (Å²) in [6.45, 7) is 7.54. The van der Waals surface area contributed by atoms with E-state index in [-0.39, 0.29) is 5.54 Å². The molecule has 19 heavy (non-hydrogen) atoms. The zero-order valence-corrected chi connectivity index (χ0v) is 12.2. The number of hydrogen-bond acceptors (Lipinski definition) is 5. The van der Waals surface area contributed by atoms with Crippen LogP contribution in [0.5, 0.6) is 0 Å². The van der Waals surface area contributed by atoms with Gasteiger partial charge in [-0.3, -0.25) is 9.89 Å². The van der Waals surface area contributed by atoms with E-state index in [1.807, 2.05) is 11.8 Å². The van der Waals surface area contributed by atoms with Crippen LogP contribution in [0, 0.1) is 0 Å². The molecule has 1 N–H and O–H groups in total. The Kier molecular flexibility index (Phi) is 4.63. The van der Waals surface area contributed by atoms with Crippen molar-refractivity contribution in [1.82, 2.24) is 10.2 Å². The molecule has 0 aromatic heterocycles. The third-order valence-electron chi connectivity index (χ3n) is 4.08. The molecule has 3 fully saturated rings. The normalized spacial score (nSPS) is 29.8. The van der Waals surface area contributed by atoms with Crippen molar-refractivity contribution in [2.45, 2.75) is 18.4 Å². The lowest BCUT2D eigenvalue weighted by Gasteiger charge is -2.32. The van der Waals surface area contributed by atoms with Gasteiger partial charge in [-0.2, -0.15) is 0 Å². The van der Waals surface area contributed by atoms with Crippen LogP contribution >= 0.6 is 11.8 Å². The highest BCUT2D eigenvalue weighted by molar-refractivity contribution is 8.14. The molecule has 6 heteroatoms. The van der Waals surface area contributed by atoms with Gasteiger partial charge >= 0.3 is 0 Å². The molecule has 1 spiro atoms. The Morgan fingerprint density at radius 2 is 1.89 bits per heavy atom. The predicted octanol–water partition coefficient (Wildman–Crippen LogP) is 0.560. The van der Waals surface area contributed by atoms with Gasteiger partial charge in [0.15, 0.2) is 5.17 Å². The van der Waals surface area contributed by atoms with Crippen molar-refractivity contribution in [3.8, 4) is 0 Å². The Hall–Kier alpha value is -0.300. The van der Waals surface area contributed by atoms with E-state index in [2.05, 4.69) is 10.2 Å². The Balaban J connectivity index is 1.43. The number of nitrogens with one attached hydrogen (secondary N) is 1. The summed E-state index contributed by atoms with van der Waals surface area (Å²) in [4.78, 5) is 7.14. The minimum absolute atomic E-state index is 0.265. The van der Waals surface area contributed by atoms with Crippen LogP contribution in [-0.2, 0) is 9.47 Å². The highest BCUT2D eigenvalue weighted by Gasteiger charge is 2.38. The van der Waals surface area contributed by atoms with Crippen LogP contribution in [-0.4, -0.2) is 74.0 Å². The van der Waals surface area contributed by atoms with E-state index >= 15 is 0 Å². The Labute approximate surface area is 119 Å². The summed E-state index contributed by atoms with van der Waals surface area (Å²) >= 11 is 1.87. The second-order valence-electron chi connectivity index (χ2n) is 5.45. The molecule has 0 unspecified atom stereocenters. The first-order valence-corrected chi connectivity index (χ1v) is 8.18. The summed E-state index contributed by atoms with van der Waals surface area (Å²) in [7, 11) is 0. The van der Waals surface area contributed by atoms with Crippen LogP contribution < -0.4 is 5.32 Å². The standard InChI is InChI=1S/C13H23N3O2S/c1-7-17-8-2-13(1)11-19-12(15-13)14-3-4-16-5-9-18-10-6-16/h1-11H2,(H,14,15). The van der Waals surface area contributed by atoms with Crippen LogP contribution in [0.25, 0.3) is 0 Å². The summed E-state index contributed by atoms with van der Waals surface area (Å²) in [5.74, 6) is 1.15. The molecule has 3 aliphatic rings. The quantitative estimate of drug-likeness (QED) is 0.821. The van der Waals surface area contributed by atoms with E-state index in [1.54, 1.807) is 0 Å². The van der Waals surface area contributed by atoms with E-state index in [4.69, 9.17) is 14.5 Å². The number of amidine groups is 1. The van der Waals surface area contributed by atoms with Crippen LogP contribution in [0.2, 0.25) is 0 Å². The smallest absolute Gasteiger partial charge is 0.157 e. The SMILES string of the molecule is C(CN1CCOCC1)N=C1NC2(CCOCC2)CS1. The monoisotopic (exact) mass is 285 g/mol. The minimum atomic E-state index is 0.265. The summed E-state index contributed by atoms with van der Waals surface area (Å²) in [6, 6.07) is 0. The van der Waals surface area contributed by atoms with Gasteiger partial charge in [0.1, 0.15) is 0 Å². The highest BCUT2D eigenvalue weighted by Crippen LogP contribution is 2.31. The fourth-order valence-electron chi connectivity index (χ4n) is 2.74. The van der Waals surface area contributed by atoms with Crippen molar-refractivity contribution in [3.63, 3.8) is 0 Å². The molecule has 0 aromatic carbocycles. The van der Waals surface area contributed by atoms with Gasteiger partial charge in [-0.15, -0.1) is 0 Å². The van der Waals surface area contributed by atoms with Gasteiger partial charge in [0.05, 0.1) is 25.3 Å². The fraction of sp³-hybridized carbons (Fsp3) is 0.923. The number of ether oxygens (including phenoxy) is 2. The van der Waals surface area contributed by atoms with E-state index < -0.39 is 0 Å². The largest absolute Gasteiger partial charge is 0.381 e. The summed E-state index contributed by atoms with van der Waals surface area (Å²) in [5, 5.41) is 4.77. The number of hydrogen-bond donors (Lipinski definition) is 1. The van der Waals surface area contributed by atoms with Gasteiger partial charge in [0, 0.05) is 38.6 Å². The Morgan fingerprint density at radius 1 is 1.16 bits per heavy atom. The minimum Gasteiger partial charge on any atom is -0.381 e. The van der Waals surface area contributed by atoms with Crippen molar-refractivity contribution < 1.29 is 9.47 Å². The molecular formula is C13H23N3O2S. The summed E-state index contributed by atoms with van der Waals surface area (Å²) in [6.07, 6.45) is 2.23. The number of morpholine rings is 1. The molecule has 5 nitrogen and oxygen atoms in total. The zero-order chi connectivity index (χ0) is 13.0. The molecule has 3 saturated heterocycles. The van der Waals surface area contributed by atoms with E-state index in [9.17, 15) is 0 Å². The molecule has 3 rings (SSSR count). The molecule has 0 amide bonds. The van der Waals surface area contributed by atoms with Gasteiger partial charge in [-0.25, -0.2) is 0 Å². The lowest BCUT2D eigenvalue weighted by Crippen LogP contribution is -2.48. The first-order valence-electron chi connectivity index (χ1n) is 7.20. The molecule has 0 atom stereocenters. The molecule has 0 saturated carbocycles. The lowest BCUT2D eigenvalue weighted by atomic mass is 9.93. The molecule has 0 aromatic rings. The molecule has 0 radical (unpaired) electrons. The van der Waals surface area contributed by atoms with Gasteiger partial charge in [0.2, 0.25) is 0 Å². The van der Waals surface area contributed by atoms with Gasteiger partial charge in [-0.05, 0) is 12.8 Å². The zero-order valence-electron chi connectivity index (χ0n) is 11.4. The van der Waals surface area contributed by atoms with Crippen molar-refractivity contribution in [1.29, 1.82) is 0 Å². The average Bonchev–Trinajstić information content (AvgIpc) is 2.84. The molecule has 3 aliphatic heterocycles. The van der Waals surface area contributed by atoms with E-state index in [1.165, 1.54) is 0 Å². The topological polar surface area (TPSA) is 46.1 Å². The Bertz CT molecular complexity index is 326.